The van der Waals surface area contributed by atoms with Crippen molar-refractivity contribution in [2.45, 2.75) is 13.3 Å². The molecule has 0 unspecified atom stereocenters. The van der Waals surface area contributed by atoms with Gasteiger partial charge in [0.2, 0.25) is 0 Å². The van der Waals surface area contributed by atoms with Crippen LogP contribution in [-0.2, 0) is 11.2 Å². The smallest absolute Gasteiger partial charge is 0.270 e. The first kappa shape index (κ1) is 15.8. The molecular formula is C18H15NO2S2. The molecule has 0 radical (unpaired) electrons. The van der Waals surface area contributed by atoms with Gasteiger partial charge in [0.25, 0.3) is 5.91 Å². The Morgan fingerprint density at radius 1 is 1.13 bits per heavy atom. The highest BCUT2D eigenvalue weighted by Gasteiger charge is 2.33. The predicted octanol–water partition coefficient (Wildman–Crippen LogP) is 4.36. The third-order valence-corrected chi connectivity index (χ3v) is 4.89. The average Bonchev–Trinajstić information content (AvgIpc) is 2.84. The van der Waals surface area contributed by atoms with Gasteiger partial charge in [-0.15, -0.1) is 0 Å². The zero-order valence-corrected chi connectivity index (χ0v) is 14.2. The third kappa shape index (κ3) is 3.30. The van der Waals surface area contributed by atoms with E-state index >= 15 is 0 Å². The van der Waals surface area contributed by atoms with Gasteiger partial charge in [-0.25, -0.2) is 0 Å². The third-order valence-electron chi connectivity index (χ3n) is 3.59. The van der Waals surface area contributed by atoms with Crippen LogP contribution in [0.25, 0.3) is 6.08 Å². The second kappa shape index (κ2) is 6.56. The summed E-state index contributed by atoms with van der Waals surface area (Å²) in [6.07, 6.45) is 2.75. The number of rotatable bonds is 3. The Labute approximate surface area is 144 Å². The van der Waals surface area contributed by atoms with Crippen molar-refractivity contribution in [2.24, 2.45) is 0 Å². The Morgan fingerprint density at radius 2 is 1.78 bits per heavy atom. The van der Waals surface area contributed by atoms with E-state index in [1.54, 1.807) is 35.2 Å². The number of phenols is 1. The maximum atomic E-state index is 12.6. The highest BCUT2D eigenvalue weighted by atomic mass is 32.2. The summed E-state index contributed by atoms with van der Waals surface area (Å²) in [7, 11) is 0. The number of aryl methyl sites for hydroxylation is 1. The Hall–Kier alpha value is -2.11. The molecule has 0 saturated carbocycles. The molecule has 1 amide bonds. The second-order valence-electron chi connectivity index (χ2n) is 5.13. The van der Waals surface area contributed by atoms with Gasteiger partial charge in [-0.2, -0.15) is 0 Å². The molecule has 0 aliphatic carbocycles. The summed E-state index contributed by atoms with van der Waals surface area (Å²) >= 11 is 6.65. The number of hydrogen-bond acceptors (Lipinski definition) is 4. The zero-order valence-electron chi connectivity index (χ0n) is 12.5. The standard InChI is InChI=1S/C18H15NO2S2/c1-2-12-3-7-14(8-4-12)19-17(21)16(23-18(19)22)11-13-5-9-15(20)10-6-13/h3-11,20H,2H2,1H3/b16-11+. The molecule has 2 aromatic rings. The van der Waals surface area contributed by atoms with Crippen LogP contribution >= 0.6 is 24.0 Å². The number of thioether (sulfide) groups is 1. The Kier molecular flexibility index (Phi) is 4.50. The number of carbonyl (C=O) groups excluding carboxylic acids is 1. The molecule has 1 N–H and O–H groups in total. The Morgan fingerprint density at radius 3 is 2.39 bits per heavy atom. The molecule has 0 atom stereocenters. The maximum Gasteiger partial charge on any atom is 0.270 e. The summed E-state index contributed by atoms with van der Waals surface area (Å²) in [5.74, 6) is 0.0861. The molecule has 5 heteroatoms. The normalized spacial score (nSPS) is 16.4. The van der Waals surface area contributed by atoms with E-state index in [0.717, 1.165) is 17.7 Å². The average molecular weight is 341 g/mol. The lowest BCUT2D eigenvalue weighted by Crippen LogP contribution is -2.27. The SMILES string of the molecule is CCc1ccc(N2C(=O)/C(=C\c3ccc(O)cc3)SC2=S)cc1. The molecular weight excluding hydrogens is 326 g/mol. The first-order chi connectivity index (χ1) is 11.1. The molecule has 1 fully saturated rings. The van der Waals surface area contributed by atoms with Crippen LogP contribution < -0.4 is 4.90 Å². The molecule has 3 nitrogen and oxygen atoms in total. The number of phenolic OH excluding ortho intramolecular Hbond substituents is 1. The van der Waals surface area contributed by atoms with Gasteiger partial charge in [-0.05, 0) is 47.9 Å². The Bertz CT molecular complexity index is 780. The largest absolute Gasteiger partial charge is 0.508 e. The molecule has 3 rings (SSSR count). The lowest BCUT2D eigenvalue weighted by molar-refractivity contribution is -0.113. The van der Waals surface area contributed by atoms with Crippen LogP contribution in [0.5, 0.6) is 5.75 Å². The van der Waals surface area contributed by atoms with Crippen molar-refractivity contribution in [1.82, 2.24) is 0 Å². The van der Waals surface area contributed by atoms with Crippen LogP contribution in [0.3, 0.4) is 0 Å². The first-order valence-electron chi connectivity index (χ1n) is 7.24. The molecule has 0 aromatic heterocycles. The van der Waals surface area contributed by atoms with Crippen LogP contribution in [0.1, 0.15) is 18.1 Å². The summed E-state index contributed by atoms with van der Waals surface area (Å²) < 4.78 is 0.532. The van der Waals surface area contributed by atoms with Crippen molar-refractivity contribution < 1.29 is 9.90 Å². The number of anilines is 1. The zero-order chi connectivity index (χ0) is 16.4. The fraction of sp³-hybridized carbons (Fsp3) is 0.111. The molecule has 1 aliphatic heterocycles. The van der Waals surface area contributed by atoms with Gasteiger partial charge in [0, 0.05) is 0 Å². The van der Waals surface area contributed by atoms with E-state index in [0.29, 0.717) is 9.23 Å². The van der Waals surface area contributed by atoms with E-state index < -0.39 is 0 Å². The minimum Gasteiger partial charge on any atom is -0.508 e. The number of thiocarbonyl (C=S) groups is 1. The van der Waals surface area contributed by atoms with Gasteiger partial charge in [0.05, 0.1) is 10.6 Å². The fourth-order valence-electron chi connectivity index (χ4n) is 2.29. The van der Waals surface area contributed by atoms with Crippen molar-refractivity contribution in [3.63, 3.8) is 0 Å². The van der Waals surface area contributed by atoms with Crippen LogP contribution in [0, 0.1) is 0 Å². The van der Waals surface area contributed by atoms with E-state index in [4.69, 9.17) is 12.2 Å². The summed E-state index contributed by atoms with van der Waals surface area (Å²) in [5, 5.41) is 9.32. The predicted molar refractivity (Wildman–Crippen MR) is 99.6 cm³/mol. The maximum absolute atomic E-state index is 12.6. The molecule has 1 aliphatic rings. The minimum absolute atomic E-state index is 0.114. The van der Waals surface area contributed by atoms with Crippen LogP contribution in [0.2, 0.25) is 0 Å². The Balaban J connectivity index is 1.88. The lowest BCUT2D eigenvalue weighted by Gasteiger charge is -2.14. The fourth-order valence-corrected chi connectivity index (χ4v) is 3.59. The van der Waals surface area contributed by atoms with E-state index in [9.17, 15) is 9.90 Å². The minimum atomic E-state index is -0.114. The molecule has 1 heterocycles. The number of nitrogens with zero attached hydrogens (tertiary/aromatic N) is 1. The summed E-state index contributed by atoms with van der Waals surface area (Å²) in [4.78, 5) is 14.8. The van der Waals surface area contributed by atoms with Crippen molar-refractivity contribution in [3.05, 3.63) is 64.6 Å². The molecule has 116 valence electrons. The molecule has 0 bridgehead atoms. The van der Waals surface area contributed by atoms with Crippen molar-refractivity contribution in [3.8, 4) is 5.75 Å². The highest BCUT2D eigenvalue weighted by molar-refractivity contribution is 8.27. The summed E-state index contributed by atoms with van der Waals surface area (Å²) in [6.45, 7) is 2.09. The van der Waals surface area contributed by atoms with E-state index in [1.165, 1.54) is 17.3 Å². The van der Waals surface area contributed by atoms with Crippen LogP contribution in [0.4, 0.5) is 5.69 Å². The topological polar surface area (TPSA) is 40.5 Å². The molecule has 23 heavy (non-hydrogen) atoms. The van der Waals surface area contributed by atoms with E-state index in [-0.39, 0.29) is 11.7 Å². The number of hydrogen-bond donors (Lipinski definition) is 1. The van der Waals surface area contributed by atoms with Crippen LogP contribution in [0.15, 0.2) is 53.4 Å². The van der Waals surface area contributed by atoms with Gasteiger partial charge in [0.15, 0.2) is 4.32 Å². The summed E-state index contributed by atoms with van der Waals surface area (Å²) in [6, 6.07) is 14.6. The summed E-state index contributed by atoms with van der Waals surface area (Å²) in [5.41, 5.74) is 2.86. The van der Waals surface area contributed by atoms with Gasteiger partial charge in [-0.1, -0.05) is 55.2 Å². The van der Waals surface area contributed by atoms with Crippen molar-refractivity contribution in [2.75, 3.05) is 4.90 Å². The van der Waals surface area contributed by atoms with Crippen molar-refractivity contribution >= 4 is 46.0 Å². The van der Waals surface area contributed by atoms with E-state index in [1.807, 2.05) is 24.3 Å². The number of amides is 1. The number of carbonyl (C=O) groups is 1. The number of benzene rings is 2. The quantitative estimate of drug-likeness (QED) is 0.665. The molecule has 0 spiro atoms. The molecule has 1 saturated heterocycles. The highest BCUT2D eigenvalue weighted by Crippen LogP contribution is 2.36. The number of aromatic hydroxyl groups is 1. The van der Waals surface area contributed by atoms with Gasteiger partial charge < -0.3 is 5.11 Å². The molecule has 2 aromatic carbocycles. The first-order valence-corrected chi connectivity index (χ1v) is 8.47. The van der Waals surface area contributed by atoms with Crippen molar-refractivity contribution in [1.29, 1.82) is 0 Å². The second-order valence-corrected chi connectivity index (χ2v) is 6.80. The van der Waals surface area contributed by atoms with Gasteiger partial charge >= 0.3 is 0 Å². The van der Waals surface area contributed by atoms with E-state index in [2.05, 4.69) is 6.92 Å². The monoisotopic (exact) mass is 341 g/mol. The van der Waals surface area contributed by atoms with Gasteiger partial charge in [0.1, 0.15) is 5.75 Å². The van der Waals surface area contributed by atoms with Crippen LogP contribution in [-0.4, -0.2) is 15.3 Å². The lowest BCUT2D eigenvalue weighted by atomic mass is 10.1. The van der Waals surface area contributed by atoms with Gasteiger partial charge in [-0.3, -0.25) is 9.69 Å².